The molecule has 1 N–H and O–H groups in total. The van der Waals surface area contributed by atoms with E-state index < -0.39 is 5.60 Å². The van der Waals surface area contributed by atoms with E-state index >= 15 is 0 Å². The van der Waals surface area contributed by atoms with Gasteiger partial charge in [0.25, 0.3) is 0 Å². The van der Waals surface area contributed by atoms with Gasteiger partial charge < -0.3 is 14.7 Å². The fourth-order valence-electron chi connectivity index (χ4n) is 3.10. The summed E-state index contributed by atoms with van der Waals surface area (Å²) in [5, 5.41) is 11.0. The number of hydrogen-bond donors (Lipinski definition) is 1. The van der Waals surface area contributed by atoms with Crippen molar-refractivity contribution in [2.24, 2.45) is 5.92 Å². The lowest BCUT2D eigenvalue weighted by Crippen LogP contribution is -2.41. The highest BCUT2D eigenvalue weighted by atomic mass is 32.2. The van der Waals surface area contributed by atoms with E-state index in [9.17, 15) is 9.90 Å². The second-order valence-corrected chi connectivity index (χ2v) is 9.13. The first-order valence-corrected chi connectivity index (χ1v) is 10.4. The molecule has 0 saturated carbocycles. The Morgan fingerprint density at radius 3 is 2.69 bits per heavy atom. The summed E-state index contributed by atoms with van der Waals surface area (Å²) in [6.07, 6.45) is 7.75. The van der Waals surface area contributed by atoms with Crippen molar-refractivity contribution in [2.75, 3.05) is 13.1 Å². The molecule has 1 amide bonds. The van der Waals surface area contributed by atoms with Gasteiger partial charge in [0.2, 0.25) is 0 Å². The van der Waals surface area contributed by atoms with E-state index in [0.29, 0.717) is 5.92 Å². The van der Waals surface area contributed by atoms with Crippen molar-refractivity contribution in [3.63, 3.8) is 0 Å². The lowest BCUT2D eigenvalue weighted by molar-refractivity contribution is 0.0180. The monoisotopic (exact) mass is 380 g/mol. The minimum Gasteiger partial charge on any atom is -0.444 e. The third-order valence-corrected chi connectivity index (χ3v) is 5.46. The summed E-state index contributed by atoms with van der Waals surface area (Å²) in [5.74, 6) is 0.675. The second-order valence-electron chi connectivity index (χ2n) is 7.94. The molecule has 26 heavy (non-hydrogen) atoms. The molecule has 1 aromatic heterocycles. The summed E-state index contributed by atoms with van der Waals surface area (Å²) in [6, 6.07) is 5.74. The molecule has 0 bridgehead atoms. The standard InChI is InChI=1S/C20H32N2O3S/c1-20(2,3)25-19(24)22-14-11-16(12-15-22)8-4-5-10-18(23)26-17-9-6-7-13-21-17/h6-7,9,13,16,18,23H,4-5,8,10-12,14-15H2,1-3H3. The second kappa shape index (κ2) is 10.2. The summed E-state index contributed by atoms with van der Waals surface area (Å²) < 4.78 is 5.44. The molecule has 1 atom stereocenters. The van der Waals surface area contributed by atoms with Crippen molar-refractivity contribution in [1.82, 2.24) is 9.88 Å². The molecule has 1 aromatic rings. The molecule has 1 fully saturated rings. The zero-order valence-corrected chi connectivity index (χ0v) is 17.0. The molecule has 5 nitrogen and oxygen atoms in total. The van der Waals surface area contributed by atoms with Gasteiger partial charge in [-0.3, -0.25) is 0 Å². The number of carbonyl (C=O) groups is 1. The van der Waals surface area contributed by atoms with Crippen LogP contribution in [0.5, 0.6) is 0 Å². The van der Waals surface area contributed by atoms with Crippen LogP contribution in [0.1, 0.15) is 59.3 Å². The van der Waals surface area contributed by atoms with E-state index in [0.717, 1.165) is 50.2 Å². The van der Waals surface area contributed by atoms with Crippen LogP contribution < -0.4 is 0 Å². The molecule has 146 valence electrons. The Morgan fingerprint density at radius 2 is 2.08 bits per heavy atom. The Hall–Kier alpha value is -1.27. The SMILES string of the molecule is CC(C)(C)OC(=O)N1CCC(CCCCC(O)Sc2ccccn2)CC1. The highest BCUT2D eigenvalue weighted by Gasteiger charge is 2.26. The van der Waals surface area contributed by atoms with Crippen LogP contribution in [0.2, 0.25) is 0 Å². The van der Waals surface area contributed by atoms with Crippen LogP contribution in [0.3, 0.4) is 0 Å². The van der Waals surface area contributed by atoms with Crippen molar-refractivity contribution in [1.29, 1.82) is 0 Å². The Labute approximate surface area is 161 Å². The minimum atomic E-state index is -0.429. The highest BCUT2D eigenvalue weighted by Crippen LogP contribution is 2.26. The van der Waals surface area contributed by atoms with Gasteiger partial charge in [-0.2, -0.15) is 0 Å². The third-order valence-electron chi connectivity index (χ3n) is 4.47. The number of carbonyl (C=O) groups excluding carboxylic acids is 1. The zero-order valence-electron chi connectivity index (χ0n) is 16.2. The van der Waals surface area contributed by atoms with E-state index in [1.807, 2.05) is 43.9 Å². The summed E-state index contributed by atoms with van der Waals surface area (Å²) in [7, 11) is 0. The van der Waals surface area contributed by atoms with Gasteiger partial charge in [-0.05, 0) is 64.5 Å². The first kappa shape index (κ1) is 21.0. The minimum absolute atomic E-state index is 0.189. The molecule has 0 radical (unpaired) electrons. The molecule has 1 unspecified atom stereocenters. The maximum Gasteiger partial charge on any atom is 0.410 e. The fourth-order valence-corrected chi connectivity index (χ4v) is 3.94. The van der Waals surface area contributed by atoms with Crippen LogP contribution in [0, 0.1) is 5.92 Å². The van der Waals surface area contributed by atoms with Crippen LogP contribution >= 0.6 is 11.8 Å². The van der Waals surface area contributed by atoms with Crippen LogP contribution in [-0.4, -0.2) is 45.2 Å². The zero-order chi connectivity index (χ0) is 19.0. The van der Waals surface area contributed by atoms with E-state index in [2.05, 4.69) is 4.98 Å². The quantitative estimate of drug-likeness (QED) is 0.422. The van der Waals surface area contributed by atoms with Gasteiger partial charge in [0.15, 0.2) is 0 Å². The molecule has 6 heteroatoms. The van der Waals surface area contributed by atoms with Crippen molar-refractivity contribution >= 4 is 17.9 Å². The molecule has 0 aromatic carbocycles. The summed E-state index contributed by atoms with van der Waals surface area (Å²) in [4.78, 5) is 18.1. The number of ether oxygens (including phenoxy) is 1. The normalized spacial score (nSPS) is 17.2. The number of aromatic nitrogens is 1. The first-order valence-electron chi connectivity index (χ1n) is 9.57. The van der Waals surface area contributed by atoms with Gasteiger partial charge >= 0.3 is 6.09 Å². The molecular formula is C20H32N2O3S. The maximum absolute atomic E-state index is 12.1. The molecule has 1 saturated heterocycles. The van der Waals surface area contributed by atoms with Crippen molar-refractivity contribution < 1.29 is 14.6 Å². The number of nitrogens with zero attached hydrogens (tertiary/aromatic N) is 2. The number of pyridine rings is 1. The average molecular weight is 381 g/mol. The number of unbranched alkanes of at least 4 members (excludes halogenated alkanes) is 1. The molecule has 1 aliphatic rings. The van der Waals surface area contributed by atoms with Crippen LogP contribution in [0.15, 0.2) is 29.4 Å². The Morgan fingerprint density at radius 1 is 1.35 bits per heavy atom. The van der Waals surface area contributed by atoms with Gasteiger partial charge in [-0.1, -0.05) is 30.7 Å². The van der Waals surface area contributed by atoms with Crippen molar-refractivity contribution in [2.45, 2.75) is 75.4 Å². The summed E-state index contributed by atoms with van der Waals surface area (Å²) >= 11 is 1.42. The molecule has 2 heterocycles. The number of piperidine rings is 1. The van der Waals surface area contributed by atoms with E-state index in [4.69, 9.17) is 4.74 Å². The lowest BCUT2D eigenvalue weighted by Gasteiger charge is -2.33. The van der Waals surface area contributed by atoms with Crippen molar-refractivity contribution in [3.8, 4) is 0 Å². The lowest BCUT2D eigenvalue weighted by atomic mass is 9.91. The van der Waals surface area contributed by atoms with E-state index in [1.54, 1.807) is 6.20 Å². The Kier molecular flexibility index (Phi) is 8.22. The van der Waals surface area contributed by atoms with Gasteiger partial charge in [-0.25, -0.2) is 9.78 Å². The highest BCUT2D eigenvalue weighted by molar-refractivity contribution is 7.99. The number of aliphatic hydroxyl groups is 1. The van der Waals surface area contributed by atoms with Gasteiger partial charge in [0.05, 0.1) is 5.03 Å². The molecular weight excluding hydrogens is 348 g/mol. The third kappa shape index (κ3) is 7.96. The summed E-state index contributed by atoms with van der Waals surface area (Å²) in [5.41, 5.74) is -0.818. The smallest absolute Gasteiger partial charge is 0.410 e. The molecule has 1 aliphatic heterocycles. The number of likely N-dealkylation sites (tertiary alicyclic amines) is 1. The van der Waals surface area contributed by atoms with Crippen LogP contribution in [-0.2, 0) is 4.74 Å². The van der Waals surface area contributed by atoms with Gasteiger partial charge in [0, 0.05) is 19.3 Å². The molecule has 2 rings (SSSR count). The first-order chi connectivity index (χ1) is 12.3. The van der Waals surface area contributed by atoms with Crippen LogP contribution in [0.25, 0.3) is 0 Å². The predicted octanol–water partition coefficient (Wildman–Crippen LogP) is 4.70. The number of thioether (sulfide) groups is 1. The number of aliphatic hydroxyl groups excluding tert-OH is 1. The number of amides is 1. The fraction of sp³-hybridized carbons (Fsp3) is 0.700. The average Bonchev–Trinajstić information content (AvgIpc) is 2.58. The molecule has 0 spiro atoms. The Balaban J connectivity index is 1.57. The Bertz CT molecular complexity index is 540. The van der Waals surface area contributed by atoms with Crippen LogP contribution in [0.4, 0.5) is 4.79 Å². The number of hydrogen-bond acceptors (Lipinski definition) is 5. The largest absolute Gasteiger partial charge is 0.444 e. The van der Waals surface area contributed by atoms with Crippen molar-refractivity contribution in [3.05, 3.63) is 24.4 Å². The summed E-state index contributed by atoms with van der Waals surface area (Å²) in [6.45, 7) is 7.28. The number of rotatable bonds is 7. The van der Waals surface area contributed by atoms with E-state index in [-0.39, 0.29) is 11.5 Å². The van der Waals surface area contributed by atoms with E-state index in [1.165, 1.54) is 18.2 Å². The van der Waals surface area contributed by atoms with Gasteiger partial charge in [-0.15, -0.1) is 0 Å². The predicted molar refractivity (Wildman–Crippen MR) is 105 cm³/mol. The van der Waals surface area contributed by atoms with Gasteiger partial charge in [0.1, 0.15) is 11.0 Å². The maximum atomic E-state index is 12.1. The molecule has 0 aliphatic carbocycles. The topological polar surface area (TPSA) is 62.7 Å².